The fourth-order valence-electron chi connectivity index (χ4n) is 3.73. The number of ether oxygens (including phenoxy) is 2. The van der Waals surface area contributed by atoms with Crippen LogP contribution in [-0.2, 0) is 20.7 Å². The average Bonchev–Trinajstić information content (AvgIpc) is 3.08. The lowest BCUT2D eigenvalue weighted by molar-refractivity contribution is -0.137. The minimum Gasteiger partial charge on any atom is -0.481 e. The summed E-state index contributed by atoms with van der Waals surface area (Å²) in [6, 6.07) is 11.8. The Bertz CT molecular complexity index is 881. The number of carboxylic acids is 1. The normalized spacial score (nSPS) is 19.5. The number of hydrogen-bond donors (Lipinski definition) is 1. The molecule has 1 fully saturated rings. The average molecular weight is 413 g/mol. The number of carbonyl (C=O) groups excluding carboxylic acids is 1. The van der Waals surface area contributed by atoms with Crippen LogP contribution in [0.5, 0.6) is 5.75 Å². The molecule has 0 aromatic heterocycles. The molecule has 153 valence electrons. The van der Waals surface area contributed by atoms with Gasteiger partial charge in [0.25, 0.3) is 0 Å². The van der Waals surface area contributed by atoms with Gasteiger partial charge in [0.1, 0.15) is 5.75 Å². The van der Waals surface area contributed by atoms with Crippen LogP contribution in [0.2, 0.25) is 0 Å². The Morgan fingerprint density at radius 1 is 1.21 bits per heavy atom. The van der Waals surface area contributed by atoms with Crippen LogP contribution >= 0.6 is 0 Å². The summed E-state index contributed by atoms with van der Waals surface area (Å²) in [5.41, 5.74) is 1.13. The number of likely N-dealkylation sites (tertiary alicyclic amines) is 1. The largest absolute Gasteiger partial charge is 0.481 e. The first-order valence-corrected chi connectivity index (χ1v) is 10.4. The molecule has 3 rings (SSSR count). The van der Waals surface area contributed by atoms with E-state index in [0.29, 0.717) is 5.75 Å². The number of methoxy groups -OCH3 is 1. The quantitative estimate of drug-likeness (QED) is 0.388. The van der Waals surface area contributed by atoms with Crippen LogP contribution in [0.15, 0.2) is 36.4 Å². The lowest BCUT2D eigenvalue weighted by atomic mass is 10.0. The number of aliphatic carboxylic acids is 1. The minimum absolute atomic E-state index is 0.0396. The van der Waals surface area contributed by atoms with Crippen LogP contribution in [0, 0.1) is 0 Å². The summed E-state index contributed by atoms with van der Waals surface area (Å²) in [6.45, 7) is 2.68. The molecule has 0 bridgehead atoms. The smallest absolute Gasteiger partial charge is 0.311 e. The van der Waals surface area contributed by atoms with E-state index in [9.17, 15) is 9.59 Å². The highest BCUT2D eigenvalue weighted by Gasteiger charge is 2.33. The zero-order valence-electron chi connectivity index (χ0n) is 16.6. The van der Waals surface area contributed by atoms with Crippen molar-refractivity contribution in [3.63, 3.8) is 0 Å². The van der Waals surface area contributed by atoms with Crippen LogP contribution in [-0.4, -0.2) is 64.2 Å². The molecule has 0 aliphatic carbocycles. The third-order valence-electron chi connectivity index (χ3n) is 5.35. The van der Waals surface area contributed by atoms with E-state index < -0.39 is 11.9 Å². The van der Waals surface area contributed by atoms with Crippen molar-refractivity contribution in [1.82, 2.24) is 4.90 Å². The fraction of sp³-hybridized carbons (Fsp3) is 0.455. The molecule has 1 aliphatic rings. The van der Waals surface area contributed by atoms with Gasteiger partial charge in [0.2, 0.25) is 0 Å². The highest BCUT2D eigenvalue weighted by atomic mass is 28.1. The summed E-state index contributed by atoms with van der Waals surface area (Å²) < 4.78 is 11.1. The Hall–Kier alpha value is -2.22. The summed E-state index contributed by atoms with van der Waals surface area (Å²) in [5, 5.41) is 10.4. The lowest BCUT2D eigenvalue weighted by Crippen LogP contribution is -2.36. The molecule has 0 amide bonds. The molecule has 0 saturated carbocycles. The van der Waals surface area contributed by atoms with E-state index in [1.54, 1.807) is 13.2 Å². The van der Waals surface area contributed by atoms with E-state index >= 15 is 0 Å². The zero-order chi connectivity index (χ0) is 20.9. The molecule has 7 heteroatoms. The van der Waals surface area contributed by atoms with Gasteiger partial charge in [-0.1, -0.05) is 30.3 Å². The van der Waals surface area contributed by atoms with Gasteiger partial charge in [-0.25, -0.2) is 0 Å². The number of hydrogen-bond acceptors (Lipinski definition) is 5. The molecule has 0 unspecified atom stereocenters. The summed E-state index contributed by atoms with van der Waals surface area (Å²) in [5.74, 6) is -0.781. The Labute approximate surface area is 174 Å². The summed E-state index contributed by atoms with van der Waals surface area (Å²) in [4.78, 5) is 25.2. The first-order chi connectivity index (χ1) is 13.9. The number of benzene rings is 2. The van der Waals surface area contributed by atoms with Crippen molar-refractivity contribution in [2.24, 2.45) is 0 Å². The van der Waals surface area contributed by atoms with Crippen molar-refractivity contribution in [3.8, 4) is 5.75 Å². The van der Waals surface area contributed by atoms with Gasteiger partial charge < -0.3 is 19.5 Å². The third kappa shape index (κ3) is 5.65. The maximum absolute atomic E-state index is 12.2. The molecular formula is C22H26NO5Si. The summed E-state index contributed by atoms with van der Waals surface area (Å²) in [6.07, 6.45) is 2.09. The van der Waals surface area contributed by atoms with E-state index in [1.807, 2.05) is 24.3 Å². The molecule has 1 heterocycles. The standard InChI is InChI=1S/C22H26NO5Si/c1-27-22(29)12-14-23(15-22)13-11-17-6-2-5-16-7-3-8-18(21(16)17)28-20(26)10-4-9-19(24)25/h2-3,5-8H,4,9-15H2,1H3,(H,24,25)/t22-/m1/s1. The van der Waals surface area contributed by atoms with E-state index in [1.165, 1.54) is 0 Å². The third-order valence-corrected chi connectivity index (χ3v) is 5.96. The van der Waals surface area contributed by atoms with Crippen molar-refractivity contribution in [3.05, 3.63) is 42.0 Å². The molecule has 1 N–H and O–H groups in total. The van der Waals surface area contributed by atoms with Crippen molar-refractivity contribution >= 4 is 33.0 Å². The second-order valence-corrected chi connectivity index (χ2v) is 8.38. The Kier molecular flexibility index (Phi) is 7.05. The van der Waals surface area contributed by atoms with E-state index in [0.717, 1.165) is 48.8 Å². The predicted octanol–water partition coefficient (Wildman–Crippen LogP) is 2.76. The van der Waals surface area contributed by atoms with Crippen molar-refractivity contribution in [2.45, 2.75) is 37.3 Å². The van der Waals surface area contributed by atoms with Gasteiger partial charge in [-0.05, 0) is 36.3 Å². The molecular weight excluding hydrogens is 386 g/mol. The van der Waals surface area contributed by atoms with Crippen LogP contribution < -0.4 is 4.74 Å². The first kappa shape index (κ1) is 21.5. The Morgan fingerprint density at radius 2 is 1.97 bits per heavy atom. The maximum atomic E-state index is 12.2. The Balaban J connectivity index is 1.71. The highest BCUT2D eigenvalue weighted by Crippen LogP contribution is 2.30. The number of fused-ring (bicyclic) bond motifs is 1. The SMILES string of the molecule is CO[C@@]1([Si])CCN(CCc2cccc3cccc(OC(=O)CCCC(=O)O)c23)C1. The molecule has 1 aliphatic heterocycles. The van der Waals surface area contributed by atoms with Gasteiger partial charge in [-0.3, -0.25) is 9.59 Å². The molecule has 6 nitrogen and oxygen atoms in total. The van der Waals surface area contributed by atoms with Gasteiger partial charge >= 0.3 is 11.9 Å². The Morgan fingerprint density at radius 3 is 2.66 bits per heavy atom. The molecule has 1 atom stereocenters. The monoisotopic (exact) mass is 412 g/mol. The highest BCUT2D eigenvalue weighted by molar-refractivity contribution is 6.15. The van der Waals surface area contributed by atoms with Crippen molar-refractivity contribution in [1.29, 1.82) is 0 Å². The number of carbonyl (C=O) groups is 2. The van der Waals surface area contributed by atoms with Gasteiger partial charge in [0.15, 0.2) is 0 Å². The number of nitrogens with zero attached hydrogens (tertiary/aromatic N) is 1. The van der Waals surface area contributed by atoms with Crippen LogP contribution in [0.1, 0.15) is 31.2 Å². The number of rotatable bonds is 9. The fourth-order valence-corrected chi connectivity index (χ4v) is 4.06. The van der Waals surface area contributed by atoms with Crippen molar-refractivity contribution < 1.29 is 24.2 Å². The number of carboxylic acid groups (broad SMARTS) is 1. The van der Waals surface area contributed by atoms with Crippen LogP contribution in [0.4, 0.5) is 0 Å². The molecule has 2 aromatic rings. The number of esters is 1. The van der Waals surface area contributed by atoms with Crippen LogP contribution in [0.25, 0.3) is 10.8 Å². The van der Waals surface area contributed by atoms with E-state index in [2.05, 4.69) is 21.2 Å². The molecule has 0 spiro atoms. The molecule has 1 saturated heterocycles. The maximum Gasteiger partial charge on any atom is 0.311 e. The van der Waals surface area contributed by atoms with Gasteiger partial charge in [0.05, 0.1) is 15.5 Å². The summed E-state index contributed by atoms with van der Waals surface area (Å²) >= 11 is 0. The van der Waals surface area contributed by atoms with Gasteiger partial charge in [0, 0.05) is 45.0 Å². The topological polar surface area (TPSA) is 76.1 Å². The predicted molar refractivity (Wildman–Crippen MR) is 111 cm³/mol. The van der Waals surface area contributed by atoms with Gasteiger partial charge in [-0.2, -0.15) is 0 Å². The second kappa shape index (κ2) is 9.52. The first-order valence-electron chi connectivity index (χ1n) is 9.86. The van der Waals surface area contributed by atoms with Gasteiger partial charge in [-0.15, -0.1) is 0 Å². The second-order valence-electron chi connectivity index (χ2n) is 7.47. The molecule has 29 heavy (non-hydrogen) atoms. The molecule has 3 radical (unpaired) electrons. The van der Waals surface area contributed by atoms with E-state index in [4.69, 9.17) is 14.6 Å². The van der Waals surface area contributed by atoms with Crippen molar-refractivity contribution in [2.75, 3.05) is 26.7 Å². The van der Waals surface area contributed by atoms with E-state index in [-0.39, 0.29) is 24.5 Å². The van der Waals surface area contributed by atoms with Crippen LogP contribution in [0.3, 0.4) is 0 Å². The minimum atomic E-state index is -0.909. The lowest BCUT2D eigenvalue weighted by Gasteiger charge is -2.23. The zero-order valence-corrected chi connectivity index (χ0v) is 17.6. The summed E-state index contributed by atoms with van der Waals surface area (Å²) in [7, 11) is 5.44. The molecule has 2 aromatic carbocycles.